The number of carbonyl (C=O) groups is 3. The van der Waals surface area contributed by atoms with Gasteiger partial charge in [-0.05, 0) is 48.7 Å². The summed E-state index contributed by atoms with van der Waals surface area (Å²) in [7, 11) is -2.34. The Balaban J connectivity index is 1.72. The molecule has 3 N–H and O–H groups in total. The van der Waals surface area contributed by atoms with Crippen molar-refractivity contribution in [1.29, 1.82) is 0 Å². The van der Waals surface area contributed by atoms with E-state index in [4.69, 9.17) is 23.2 Å². The van der Waals surface area contributed by atoms with E-state index < -0.39 is 33.5 Å². The maximum atomic E-state index is 13.6. The highest BCUT2D eigenvalue weighted by Crippen LogP contribution is 2.36. The van der Waals surface area contributed by atoms with E-state index in [2.05, 4.69) is 5.32 Å². The molecule has 0 atom stereocenters. The quantitative estimate of drug-likeness (QED) is 0.418. The molecule has 2 amide bonds. The molecule has 0 aliphatic carbocycles. The molecule has 13 heteroatoms. The number of hydrogen-bond acceptors (Lipinski definition) is 5. The summed E-state index contributed by atoms with van der Waals surface area (Å²) < 4.78 is 29.8. The lowest BCUT2D eigenvalue weighted by atomic mass is 9.80. The predicted octanol–water partition coefficient (Wildman–Crippen LogP) is 3.29. The number of carbonyl (C=O) groups excluding carboxylic acids is 2. The number of benzene rings is 2. The maximum Gasteiger partial charge on any atom is 0.335 e. The number of piperidine rings is 1. The number of nitrogens with one attached hydrogen (secondary N) is 2. The molecule has 37 heavy (non-hydrogen) atoms. The Bertz CT molecular complexity index is 1530. The lowest BCUT2D eigenvalue weighted by molar-refractivity contribution is -0.117. The van der Waals surface area contributed by atoms with Crippen molar-refractivity contribution in [1.82, 2.24) is 18.9 Å². The first-order chi connectivity index (χ1) is 17.3. The molecule has 1 aliphatic heterocycles. The normalized spacial score (nSPS) is 15.9. The third-order valence-electron chi connectivity index (χ3n) is 6.55. The lowest BCUT2D eigenvalue weighted by Crippen LogP contribution is -2.56. The van der Waals surface area contributed by atoms with E-state index >= 15 is 0 Å². The van der Waals surface area contributed by atoms with Crippen LogP contribution < -0.4 is 10.0 Å². The van der Waals surface area contributed by atoms with Crippen molar-refractivity contribution in [2.75, 3.05) is 13.1 Å². The van der Waals surface area contributed by atoms with Crippen molar-refractivity contribution in [2.24, 2.45) is 7.05 Å². The molecule has 196 valence electrons. The third kappa shape index (κ3) is 5.17. The Hall–Kier alpha value is -3.12. The Morgan fingerprint density at radius 1 is 1.05 bits per heavy atom. The van der Waals surface area contributed by atoms with Crippen molar-refractivity contribution in [2.45, 2.75) is 25.3 Å². The van der Waals surface area contributed by atoms with Crippen LogP contribution in [0.1, 0.15) is 46.2 Å². The van der Waals surface area contributed by atoms with Crippen molar-refractivity contribution >= 4 is 62.1 Å². The summed E-state index contributed by atoms with van der Waals surface area (Å²) in [6.45, 7) is 1.07. The van der Waals surface area contributed by atoms with Gasteiger partial charge in [-0.3, -0.25) is 9.59 Å². The van der Waals surface area contributed by atoms with Crippen LogP contribution in [-0.4, -0.2) is 53.3 Å². The number of amides is 2. The Kier molecular flexibility index (Phi) is 7.26. The summed E-state index contributed by atoms with van der Waals surface area (Å²) >= 11 is 12.5. The van der Waals surface area contributed by atoms with E-state index in [9.17, 15) is 27.9 Å². The fourth-order valence-electron chi connectivity index (χ4n) is 4.64. The molecule has 4 rings (SSSR count). The minimum atomic E-state index is -4.05. The van der Waals surface area contributed by atoms with Crippen LogP contribution in [0.5, 0.6) is 0 Å². The molecule has 0 bridgehead atoms. The van der Waals surface area contributed by atoms with Gasteiger partial charge in [0.05, 0.1) is 21.1 Å². The monoisotopic (exact) mass is 566 g/mol. The van der Waals surface area contributed by atoms with Crippen LogP contribution in [0.2, 0.25) is 10.0 Å². The number of aryl methyl sites for hydroxylation is 1. The molecular weight excluding hydrogens is 543 g/mol. The second kappa shape index (κ2) is 9.97. The van der Waals surface area contributed by atoms with Gasteiger partial charge in [0.25, 0.3) is 5.91 Å². The molecule has 0 spiro atoms. The highest BCUT2D eigenvalue weighted by molar-refractivity contribution is 7.87. The number of halogens is 2. The van der Waals surface area contributed by atoms with Gasteiger partial charge in [0.15, 0.2) is 0 Å². The molecular formula is C24H24Cl2N4O6S. The Morgan fingerprint density at radius 3 is 2.35 bits per heavy atom. The van der Waals surface area contributed by atoms with Crippen molar-refractivity contribution < 1.29 is 27.9 Å². The number of rotatable bonds is 6. The van der Waals surface area contributed by atoms with Crippen LogP contribution in [0.3, 0.4) is 0 Å². The molecule has 10 nitrogen and oxygen atoms in total. The van der Waals surface area contributed by atoms with Gasteiger partial charge in [0.1, 0.15) is 5.69 Å². The van der Waals surface area contributed by atoms with Crippen LogP contribution in [0.15, 0.2) is 42.5 Å². The van der Waals surface area contributed by atoms with E-state index in [0.29, 0.717) is 32.2 Å². The van der Waals surface area contributed by atoms with Gasteiger partial charge in [-0.1, -0.05) is 35.3 Å². The molecule has 2 heterocycles. The third-order valence-corrected chi connectivity index (χ3v) is 8.96. The van der Waals surface area contributed by atoms with E-state index in [0.717, 1.165) is 11.2 Å². The summed E-state index contributed by atoms with van der Waals surface area (Å²) in [6, 6.07) is 11.2. The number of carboxylic acid groups (broad SMARTS) is 1. The largest absolute Gasteiger partial charge is 0.478 e. The smallest absolute Gasteiger partial charge is 0.335 e. The Labute approximate surface area is 223 Å². The molecule has 2 aromatic carbocycles. The Morgan fingerprint density at radius 2 is 1.73 bits per heavy atom. The average molecular weight is 567 g/mol. The number of fused-ring (bicyclic) bond motifs is 1. The molecule has 1 aromatic heterocycles. The predicted molar refractivity (Wildman–Crippen MR) is 139 cm³/mol. The second-order valence-electron chi connectivity index (χ2n) is 8.87. The first-order valence-electron chi connectivity index (χ1n) is 11.2. The zero-order chi connectivity index (χ0) is 27.1. The first kappa shape index (κ1) is 26.9. The zero-order valence-electron chi connectivity index (χ0n) is 19.9. The van der Waals surface area contributed by atoms with E-state index in [1.165, 1.54) is 12.1 Å². The van der Waals surface area contributed by atoms with Crippen LogP contribution in [-0.2, 0) is 27.6 Å². The van der Waals surface area contributed by atoms with Crippen molar-refractivity contribution in [3.8, 4) is 0 Å². The topological polar surface area (TPSA) is 138 Å². The van der Waals surface area contributed by atoms with Gasteiger partial charge in [0.2, 0.25) is 5.91 Å². The standard InChI is InChI=1S/C24H24Cl2N4O6S/c1-14(31)28-37(35,36)30-10-8-24(9-11-30,16-5-3-4-15(12-16)23(33)34)27-22(32)20-13-17-19(29(20)2)7-6-18(25)21(17)26/h3-7,12-13H,8-11H2,1-2H3,(H,27,32)(H,28,31)(H,33,34). The number of aromatic nitrogens is 1. The summed E-state index contributed by atoms with van der Waals surface area (Å²) in [5.74, 6) is -2.30. The van der Waals surface area contributed by atoms with Gasteiger partial charge in [0, 0.05) is 38.0 Å². The van der Waals surface area contributed by atoms with Gasteiger partial charge >= 0.3 is 16.2 Å². The van der Waals surface area contributed by atoms with Crippen molar-refractivity contribution in [3.63, 3.8) is 0 Å². The van der Waals surface area contributed by atoms with Crippen LogP contribution >= 0.6 is 23.2 Å². The molecule has 1 saturated heterocycles. The molecule has 1 aliphatic rings. The highest BCUT2D eigenvalue weighted by Gasteiger charge is 2.41. The summed E-state index contributed by atoms with van der Waals surface area (Å²) in [6.07, 6.45) is 0.272. The SMILES string of the molecule is CC(=O)NS(=O)(=O)N1CCC(NC(=O)c2cc3c(Cl)c(Cl)ccc3n2C)(c2cccc(C(=O)O)c2)CC1. The highest BCUT2D eigenvalue weighted by atomic mass is 35.5. The lowest BCUT2D eigenvalue weighted by Gasteiger charge is -2.42. The fourth-order valence-corrected chi connectivity index (χ4v) is 6.17. The van der Waals surface area contributed by atoms with Crippen LogP contribution in [0.4, 0.5) is 0 Å². The number of hydrogen-bond donors (Lipinski definition) is 3. The van der Waals surface area contributed by atoms with Crippen LogP contribution in [0.25, 0.3) is 10.9 Å². The molecule has 0 radical (unpaired) electrons. The molecule has 0 unspecified atom stereocenters. The maximum absolute atomic E-state index is 13.6. The number of aromatic carboxylic acids is 1. The molecule has 3 aromatic rings. The summed E-state index contributed by atoms with van der Waals surface area (Å²) in [5, 5.41) is 13.8. The average Bonchev–Trinajstić information content (AvgIpc) is 3.18. The first-order valence-corrected chi connectivity index (χ1v) is 13.4. The second-order valence-corrected chi connectivity index (χ2v) is 11.3. The van der Waals surface area contributed by atoms with Crippen molar-refractivity contribution in [3.05, 3.63) is 69.3 Å². The van der Waals surface area contributed by atoms with Gasteiger partial charge in [-0.15, -0.1) is 0 Å². The zero-order valence-corrected chi connectivity index (χ0v) is 22.2. The van der Waals surface area contributed by atoms with Crippen LogP contribution in [0, 0.1) is 0 Å². The minimum Gasteiger partial charge on any atom is -0.478 e. The fraction of sp³-hybridized carbons (Fsp3) is 0.292. The van der Waals surface area contributed by atoms with Gasteiger partial charge in [-0.2, -0.15) is 12.7 Å². The number of nitrogens with zero attached hydrogens (tertiary/aromatic N) is 2. The van der Waals surface area contributed by atoms with E-state index in [1.54, 1.807) is 41.9 Å². The molecule has 1 fully saturated rings. The van der Waals surface area contributed by atoms with Gasteiger partial charge in [-0.25, -0.2) is 9.52 Å². The summed E-state index contributed by atoms with van der Waals surface area (Å²) in [5.41, 5.74) is 0.462. The minimum absolute atomic E-state index is 0.0171. The molecule has 0 saturated carbocycles. The van der Waals surface area contributed by atoms with E-state index in [-0.39, 0.29) is 31.5 Å². The number of carboxylic acids is 1. The van der Waals surface area contributed by atoms with Gasteiger partial charge < -0.3 is 15.0 Å². The summed E-state index contributed by atoms with van der Waals surface area (Å²) in [4.78, 5) is 36.6. The van der Waals surface area contributed by atoms with E-state index in [1.807, 2.05) is 4.72 Å².